The molecular weight excluding hydrogens is 291 g/mol. The van der Waals surface area contributed by atoms with E-state index in [1.54, 1.807) is 13.0 Å². The number of carbonyl (C=O) groups is 1. The van der Waals surface area contributed by atoms with Gasteiger partial charge in [-0.2, -0.15) is 0 Å². The van der Waals surface area contributed by atoms with Gasteiger partial charge in [0.25, 0.3) is 5.91 Å². The molecule has 0 heterocycles. The summed E-state index contributed by atoms with van der Waals surface area (Å²) in [7, 11) is 0. The molecule has 1 amide bonds. The lowest BCUT2D eigenvalue weighted by molar-refractivity contribution is -0.128. The fourth-order valence-electron chi connectivity index (χ4n) is 2.38. The van der Waals surface area contributed by atoms with Gasteiger partial charge >= 0.3 is 0 Å². The molecule has 1 aromatic carbocycles. The van der Waals surface area contributed by atoms with Crippen LogP contribution in [0.3, 0.4) is 0 Å². The molecule has 1 aromatic rings. The fraction of sp³-hybridized carbons (Fsp3) is 0.467. The fourth-order valence-corrected chi connectivity index (χ4v) is 2.51. The Kier molecular flexibility index (Phi) is 5.12. The van der Waals surface area contributed by atoms with Crippen LogP contribution in [0.4, 0.5) is 4.39 Å². The second kappa shape index (κ2) is 6.85. The van der Waals surface area contributed by atoms with Crippen molar-refractivity contribution in [1.82, 2.24) is 5.32 Å². The maximum atomic E-state index is 13.9. The molecule has 1 fully saturated rings. The predicted molar refractivity (Wildman–Crippen MR) is 82.8 cm³/mol. The molecule has 0 spiro atoms. The van der Waals surface area contributed by atoms with Crippen LogP contribution in [-0.4, -0.2) is 23.0 Å². The van der Waals surface area contributed by atoms with E-state index in [0.717, 1.165) is 25.7 Å². The Morgan fingerprint density at radius 1 is 1.48 bits per heavy atom. The van der Waals surface area contributed by atoms with Crippen LogP contribution in [0.1, 0.15) is 38.2 Å². The van der Waals surface area contributed by atoms with Crippen LogP contribution in [0, 0.1) is 5.82 Å². The molecule has 2 rings (SSSR count). The first-order valence-electron chi connectivity index (χ1n) is 7.03. The van der Waals surface area contributed by atoms with Crippen LogP contribution in [0.15, 0.2) is 18.2 Å². The second-order valence-corrected chi connectivity index (χ2v) is 5.70. The zero-order valence-electron chi connectivity index (χ0n) is 11.9. The zero-order valence-corrected chi connectivity index (χ0v) is 12.7. The largest absolute Gasteiger partial charge is 0.478 e. The zero-order chi connectivity index (χ0) is 15.4. The summed E-state index contributed by atoms with van der Waals surface area (Å²) >= 11 is 4.78. The van der Waals surface area contributed by atoms with E-state index in [4.69, 9.17) is 22.7 Å². The number of ether oxygens (including phenoxy) is 1. The van der Waals surface area contributed by atoms with Gasteiger partial charge < -0.3 is 15.8 Å². The summed E-state index contributed by atoms with van der Waals surface area (Å²) in [5, 5.41) is 2.92. The Hall–Kier alpha value is -1.69. The van der Waals surface area contributed by atoms with Gasteiger partial charge in [0.15, 0.2) is 17.7 Å². The third-order valence-electron chi connectivity index (χ3n) is 3.59. The first-order chi connectivity index (χ1) is 9.97. The molecule has 1 saturated carbocycles. The molecular formula is C15H19FN2O2S. The number of nitrogens with one attached hydrogen (secondary N) is 1. The topological polar surface area (TPSA) is 64.3 Å². The normalized spacial score (nSPS) is 16.5. The Balaban J connectivity index is 1.96. The van der Waals surface area contributed by atoms with Crippen molar-refractivity contribution in [3.05, 3.63) is 29.6 Å². The Bertz CT molecular complexity index is 544. The molecule has 6 heteroatoms. The molecule has 114 valence electrons. The van der Waals surface area contributed by atoms with E-state index in [9.17, 15) is 9.18 Å². The van der Waals surface area contributed by atoms with Crippen molar-refractivity contribution in [1.29, 1.82) is 0 Å². The summed E-state index contributed by atoms with van der Waals surface area (Å²) in [6.07, 6.45) is 3.51. The number of amides is 1. The number of hydrogen-bond donors (Lipinski definition) is 2. The number of rotatable bonds is 5. The highest BCUT2D eigenvalue weighted by atomic mass is 32.1. The van der Waals surface area contributed by atoms with E-state index in [1.807, 2.05) is 0 Å². The summed E-state index contributed by atoms with van der Waals surface area (Å²) in [6.45, 7) is 1.60. The van der Waals surface area contributed by atoms with E-state index in [0.29, 0.717) is 5.56 Å². The average molecular weight is 310 g/mol. The molecule has 4 nitrogen and oxygen atoms in total. The number of hydrogen-bond acceptors (Lipinski definition) is 3. The number of carbonyl (C=O) groups excluding carboxylic acids is 1. The van der Waals surface area contributed by atoms with Crippen LogP contribution in [-0.2, 0) is 4.79 Å². The van der Waals surface area contributed by atoms with Gasteiger partial charge in [-0.15, -0.1) is 0 Å². The minimum Gasteiger partial charge on any atom is -0.478 e. The summed E-state index contributed by atoms with van der Waals surface area (Å²) in [5.41, 5.74) is 5.86. The van der Waals surface area contributed by atoms with Crippen molar-refractivity contribution in [2.75, 3.05) is 0 Å². The molecule has 0 bridgehead atoms. The van der Waals surface area contributed by atoms with Crippen molar-refractivity contribution in [3.8, 4) is 5.75 Å². The third-order valence-corrected chi connectivity index (χ3v) is 3.83. The maximum Gasteiger partial charge on any atom is 0.260 e. The van der Waals surface area contributed by atoms with Crippen molar-refractivity contribution < 1.29 is 13.9 Å². The van der Waals surface area contributed by atoms with E-state index < -0.39 is 11.9 Å². The molecule has 1 unspecified atom stereocenters. The van der Waals surface area contributed by atoms with Crippen molar-refractivity contribution in [3.63, 3.8) is 0 Å². The van der Waals surface area contributed by atoms with Gasteiger partial charge in [0.1, 0.15) is 4.99 Å². The van der Waals surface area contributed by atoms with Gasteiger partial charge in [-0.3, -0.25) is 4.79 Å². The molecule has 0 saturated heterocycles. The molecule has 0 aliphatic heterocycles. The molecule has 1 aliphatic rings. The van der Waals surface area contributed by atoms with Crippen molar-refractivity contribution >= 4 is 23.1 Å². The Morgan fingerprint density at radius 2 is 2.14 bits per heavy atom. The number of halogens is 1. The van der Waals surface area contributed by atoms with Crippen molar-refractivity contribution in [2.45, 2.75) is 44.8 Å². The van der Waals surface area contributed by atoms with Gasteiger partial charge in [0.05, 0.1) is 0 Å². The summed E-state index contributed by atoms with van der Waals surface area (Å²) in [6, 6.07) is 4.43. The first kappa shape index (κ1) is 15.7. The van der Waals surface area contributed by atoms with Gasteiger partial charge in [-0.25, -0.2) is 4.39 Å². The van der Waals surface area contributed by atoms with Gasteiger partial charge in [-0.05, 0) is 38.0 Å². The standard InChI is InChI=1S/C15H19FN2O2S/c1-9(15(19)18-11-4-2-3-5-11)20-13-7-6-10(14(17)21)8-12(13)16/h6-9,11H,2-5H2,1H3,(H2,17,21)(H,18,19). The number of nitrogens with two attached hydrogens (primary N) is 1. The number of thiocarbonyl (C=S) groups is 1. The molecule has 0 aromatic heterocycles. The molecule has 3 N–H and O–H groups in total. The summed E-state index contributed by atoms with van der Waals surface area (Å²) in [5.74, 6) is -0.787. The third kappa shape index (κ3) is 4.14. The Labute approximate surface area is 128 Å². The van der Waals surface area contributed by atoms with E-state index in [1.165, 1.54) is 12.1 Å². The monoisotopic (exact) mass is 310 g/mol. The smallest absolute Gasteiger partial charge is 0.260 e. The molecule has 21 heavy (non-hydrogen) atoms. The second-order valence-electron chi connectivity index (χ2n) is 5.26. The lowest BCUT2D eigenvalue weighted by atomic mass is 10.2. The quantitative estimate of drug-likeness (QED) is 0.819. The minimum atomic E-state index is -0.754. The van der Waals surface area contributed by atoms with Crippen LogP contribution >= 0.6 is 12.2 Å². The van der Waals surface area contributed by atoms with Crippen molar-refractivity contribution in [2.24, 2.45) is 5.73 Å². The van der Waals surface area contributed by atoms with Crippen LogP contribution < -0.4 is 15.8 Å². The molecule has 0 radical (unpaired) electrons. The van der Waals surface area contributed by atoms with Gasteiger partial charge in [0, 0.05) is 11.6 Å². The average Bonchev–Trinajstić information content (AvgIpc) is 2.93. The SMILES string of the molecule is CC(Oc1ccc(C(N)=S)cc1F)C(=O)NC1CCCC1. The van der Waals surface area contributed by atoms with Crippen LogP contribution in [0.2, 0.25) is 0 Å². The lowest BCUT2D eigenvalue weighted by Crippen LogP contribution is -2.41. The van der Waals surface area contributed by atoms with Crippen LogP contribution in [0.25, 0.3) is 0 Å². The van der Waals surface area contributed by atoms with E-state index in [2.05, 4.69) is 5.32 Å². The van der Waals surface area contributed by atoms with Crippen LogP contribution in [0.5, 0.6) is 5.75 Å². The summed E-state index contributed by atoms with van der Waals surface area (Å²) < 4.78 is 19.2. The molecule has 1 aliphatic carbocycles. The maximum absolute atomic E-state index is 13.9. The predicted octanol–water partition coefficient (Wildman–Crippen LogP) is 2.29. The minimum absolute atomic E-state index is 0.0177. The molecule has 1 atom stereocenters. The lowest BCUT2D eigenvalue weighted by Gasteiger charge is -2.18. The Morgan fingerprint density at radius 3 is 2.71 bits per heavy atom. The van der Waals surface area contributed by atoms with Gasteiger partial charge in [-0.1, -0.05) is 25.1 Å². The van der Waals surface area contributed by atoms with Gasteiger partial charge in [0.2, 0.25) is 0 Å². The highest BCUT2D eigenvalue weighted by molar-refractivity contribution is 7.80. The highest BCUT2D eigenvalue weighted by Gasteiger charge is 2.22. The number of benzene rings is 1. The first-order valence-corrected chi connectivity index (χ1v) is 7.44. The van der Waals surface area contributed by atoms with E-state index >= 15 is 0 Å². The highest BCUT2D eigenvalue weighted by Crippen LogP contribution is 2.21. The summed E-state index contributed by atoms with van der Waals surface area (Å²) in [4.78, 5) is 12.1. The van der Waals surface area contributed by atoms with E-state index in [-0.39, 0.29) is 22.7 Å².